The van der Waals surface area contributed by atoms with Gasteiger partial charge in [0.15, 0.2) is 0 Å². The lowest BCUT2D eigenvalue weighted by atomic mass is 10.1. The first-order chi connectivity index (χ1) is 17.1. The fourth-order valence-corrected chi connectivity index (χ4v) is 5.61. The molecule has 11 heteroatoms. The lowest BCUT2D eigenvalue weighted by Crippen LogP contribution is -2.40. The van der Waals surface area contributed by atoms with Crippen molar-refractivity contribution in [3.63, 3.8) is 0 Å². The van der Waals surface area contributed by atoms with E-state index in [0.717, 1.165) is 0 Å². The Bertz CT molecular complexity index is 1220. The maximum absolute atomic E-state index is 12.7. The highest BCUT2D eigenvalue weighted by molar-refractivity contribution is 7.89. The highest BCUT2D eigenvalue weighted by Crippen LogP contribution is 2.23. The number of likely N-dealkylation sites (tertiary alicyclic amines) is 1. The minimum absolute atomic E-state index is 0.0242. The predicted molar refractivity (Wildman–Crippen MR) is 134 cm³/mol. The molecule has 2 aromatic rings. The first kappa shape index (κ1) is 25.8. The van der Waals surface area contributed by atoms with Crippen LogP contribution in [0.1, 0.15) is 30.6 Å². The number of hydrogen-bond donors (Lipinski definition) is 2. The zero-order valence-corrected chi connectivity index (χ0v) is 21.1. The molecule has 10 nitrogen and oxygen atoms in total. The molecule has 0 spiro atoms. The lowest BCUT2D eigenvalue weighted by Gasteiger charge is -2.26. The molecule has 0 bridgehead atoms. The van der Waals surface area contributed by atoms with Crippen LogP contribution in [0.3, 0.4) is 0 Å². The molecule has 4 rings (SSSR count). The van der Waals surface area contributed by atoms with Crippen molar-refractivity contribution < 1.29 is 27.5 Å². The molecule has 2 aliphatic heterocycles. The monoisotopic (exact) mass is 514 g/mol. The average molecular weight is 515 g/mol. The summed E-state index contributed by atoms with van der Waals surface area (Å²) >= 11 is 0. The van der Waals surface area contributed by atoms with E-state index in [1.165, 1.54) is 16.4 Å². The number of carbonyl (C=O) groups is 3. The van der Waals surface area contributed by atoms with Crippen LogP contribution in [0.4, 0.5) is 11.4 Å². The molecular formula is C25H30N4O6S. The van der Waals surface area contributed by atoms with Crippen molar-refractivity contribution in [2.45, 2.75) is 31.2 Å². The zero-order valence-electron chi connectivity index (χ0n) is 20.3. The summed E-state index contributed by atoms with van der Waals surface area (Å²) in [6.07, 6.45) is 0.192. The van der Waals surface area contributed by atoms with Gasteiger partial charge in [0.2, 0.25) is 21.8 Å². The van der Waals surface area contributed by atoms with E-state index < -0.39 is 15.9 Å². The molecule has 36 heavy (non-hydrogen) atoms. The zero-order chi connectivity index (χ0) is 25.9. The van der Waals surface area contributed by atoms with Crippen LogP contribution >= 0.6 is 0 Å². The number of nitrogens with one attached hydrogen (secondary N) is 2. The van der Waals surface area contributed by atoms with E-state index in [1.54, 1.807) is 41.3 Å². The second kappa shape index (κ2) is 10.8. The predicted octanol–water partition coefficient (Wildman–Crippen LogP) is 2.16. The summed E-state index contributed by atoms with van der Waals surface area (Å²) < 4.78 is 32.1. The topological polar surface area (TPSA) is 125 Å². The van der Waals surface area contributed by atoms with Crippen LogP contribution in [0.15, 0.2) is 53.4 Å². The largest absolute Gasteiger partial charge is 0.379 e. The number of amides is 3. The molecule has 2 aromatic carbocycles. The Morgan fingerprint density at radius 1 is 0.944 bits per heavy atom. The van der Waals surface area contributed by atoms with Crippen molar-refractivity contribution in [2.24, 2.45) is 5.92 Å². The standard InChI is InChI=1S/C25H30N4O6S/c1-17(2)29-16-19(15-23(29)30)25(32)27-20-5-3-18(4-6-20)24(31)26-21-7-9-22(10-8-21)36(33,34)28-11-13-35-14-12-28/h3-10,17,19H,11-16H2,1-2H3,(H,26,31)(H,27,32). The molecule has 192 valence electrons. The van der Waals surface area contributed by atoms with Gasteiger partial charge in [0.1, 0.15) is 0 Å². The molecule has 1 unspecified atom stereocenters. The molecule has 2 fully saturated rings. The van der Waals surface area contributed by atoms with Crippen LogP contribution < -0.4 is 10.6 Å². The summed E-state index contributed by atoms with van der Waals surface area (Å²) in [5, 5.41) is 5.55. The van der Waals surface area contributed by atoms with Gasteiger partial charge in [-0.1, -0.05) is 0 Å². The van der Waals surface area contributed by atoms with Crippen molar-refractivity contribution >= 4 is 39.1 Å². The van der Waals surface area contributed by atoms with E-state index in [4.69, 9.17) is 4.74 Å². The first-order valence-electron chi connectivity index (χ1n) is 11.8. The summed E-state index contributed by atoms with van der Waals surface area (Å²) in [5.74, 6) is -1.02. The summed E-state index contributed by atoms with van der Waals surface area (Å²) in [7, 11) is -3.61. The van der Waals surface area contributed by atoms with Gasteiger partial charge in [-0.2, -0.15) is 4.31 Å². The maximum atomic E-state index is 12.7. The van der Waals surface area contributed by atoms with E-state index in [-0.39, 0.29) is 35.1 Å². The van der Waals surface area contributed by atoms with Gasteiger partial charge in [-0.15, -0.1) is 0 Å². The fraction of sp³-hybridized carbons (Fsp3) is 0.400. The molecular weight excluding hydrogens is 484 g/mol. The maximum Gasteiger partial charge on any atom is 0.255 e. The number of nitrogens with zero attached hydrogens (tertiary/aromatic N) is 2. The highest BCUT2D eigenvalue weighted by Gasteiger charge is 2.35. The molecule has 2 N–H and O–H groups in total. The van der Waals surface area contributed by atoms with Gasteiger partial charge in [-0.05, 0) is 62.4 Å². The Morgan fingerprint density at radius 3 is 2.11 bits per heavy atom. The Balaban J connectivity index is 1.33. The van der Waals surface area contributed by atoms with Gasteiger partial charge >= 0.3 is 0 Å². The van der Waals surface area contributed by atoms with Gasteiger partial charge in [-0.25, -0.2) is 8.42 Å². The van der Waals surface area contributed by atoms with E-state index >= 15 is 0 Å². The van der Waals surface area contributed by atoms with E-state index in [9.17, 15) is 22.8 Å². The fourth-order valence-electron chi connectivity index (χ4n) is 4.21. The van der Waals surface area contributed by atoms with Crippen LogP contribution in [0.2, 0.25) is 0 Å². The number of ether oxygens (including phenoxy) is 1. The smallest absolute Gasteiger partial charge is 0.255 e. The molecule has 2 heterocycles. The number of carbonyl (C=O) groups excluding carboxylic acids is 3. The summed E-state index contributed by atoms with van der Waals surface area (Å²) in [6.45, 7) is 5.60. The second-order valence-electron chi connectivity index (χ2n) is 9.10. The second-order valence-corrected chi connectivity index (χ2v) is 11.0. The van der Waals surface area contributed by atoms with E-state index in [0.29, 0.717) is 49.8 Å². The number of hydrogen-bond acceptors (Lipinski definition) is 6. The van der Waals surface area contributed by atoms with Crippen molar-refractivity contribution in [1.82, 2.24) is 9.21 Å². The molecule has 2 saturated heterocycles. The third kappa shape index (κ3) is 5.75. The molecule has 0 aromatic heterocycles. The SMILES string of the molecule is CC(C)N1CC(C(=O)Nc2ccc(C(=O)Nc3ccc(S(=O)(=O)N4CCOCC4)cc3)cc2)CC1=O. The molecule has 0 saturated carbocycles. The molecule has 0 radical (unpaired) electrons. The summed E-state index contributed by atoms with van der Waals surface area (Å²) in [5.41, 5.74) is 1.36. The molecule has 0 aliphatic carbocycles. The number of benzene rings is 2. The molecule has 2 aliphatic rings. The summed E-state index contributed by atoms with van der Waals surface area (Å²) in [6, 6.07) is 12.5. The average Bonchev–Trinajstić information content (AvgIpc) is 3.27. The van der Waals surface area contributed by atoms with Gasteiger partial charge < -0.3 is 20.3 Å². The third-order valence-electron chi connectivity index (χ3n) is 6.29. The number of morpholine rings is 1. The summed E-state index contributed by atoms with van der Waals surface area (Å²) in [4.78, 5) is 39.1. The van der Waals surface area contributed by atoms with Crippen molar-refractivity contribution in [3.8, 4) is 0 Å². The van der Waals surface area contributed by atoms with Gasteiger partial charge in [0.25, 0.3) is 5.91 Å². The lowest BCUT2D eigenvalue weighted by molar-refractivity contribution is -0.129. The van der Waals surface area contributed by atoms with Crippen LogP contribution in [0.5, 0.6) is 0 Å². The van der Waals surface area contributed by atoms with Gasteiger partial charge in [0.05, 0.1) is 24.0 Å². The third-order valence-corrected chi connectivity index (χ3v) is 8.20. The van der Waals surface area contributed by atoms with Crippen LogP contribution in [-0.4, -0.2) is 74.2 Å². The molecule has 1 atom stereocenters. The quantitative estimate of drug-likeness (QED) is 0.583. The van der Waals surface area contributed by atoms with Crippen LogP contribution in [-0.2, 0) is 24.3 Å². The van der Waals surface area contributed by atoms with Gasteiger partial charge in [0, 0.05) is 49.0 Å². The van der Waals surface area contributed by atoms with Crippen LogP contribution in [0.25, 0.3) is 0 Å². The number of anilines is 2. The van der Waals surface area contributed by atoms with E-state index in [2.05, 4.69) is 10.6 Å². The minimum atomic E-state index is -3.61. The van der Waals surface area contributed by atoms with Crippen molar-refractivity contribution in [3.05, 3.63) is 54.1 Å². The van der Waals surface area contributed by atoms with Crippen molar-refractivity contribution in [1.29, 1.82) is 0 Å². The number of sulfonamides is 1. The Kier molecular flexibility index (Phi) is 7.72. The first-order valence-corrected chi connectivity index (χ1v) is 13.3. The number of rotatable bonds is 7. The highest BCUT2D eigenvalue weighted by atomic mass is 32.2. The normalized spacial score (nSPS) is 18.9. The van der Waals surface area contributed by atoms with Crippen LogP contribution in [0, 0.1) is 5.92 Å². The Hall–Kier alpha value is -3.28. The van der Waals surface area contributed by atoms with E-state index in [1.807, 2.05) is 13.8 Å². The minimum Gasteiger partial charge on any atom is -0.379 e. The van der Waals surface area contributed by atoms with Crippen molar-refractivity contribution in [2.75, 3.05) is 43.5 Å². The van der Waals surface area contributed by atoms with Gasteiger partial charge in [-0.3, -0.25) is 14.4 Å². The Morgan fingerprint density at radius 2 is 1.53 bits per heavy atom. The Labute approximate surface area is 210 Å². The molecule has 3 amide bonds.